The van der Waals surface area contributed by atoms with Crippen LogP contribution in [0.1, 0.15) is 25.7 Å². The highest BCUT2D eigenvalue weighted by atomic mass is 32.2. The second-order valence-corrected chi connectivity index (χ2v) is 8.03. The SMILES string of the molecule is CN(C1CCN(CC(=O)N(CCC#N)CCC#N)CC1)S(C)(=O)=O. The maximum absolute atomic E-state index is 12.4. The molecule has 0 bridgehead atoms. The largest absolute Gasteiger partial charge is 0.340 e. The molecule has 0 spiro atoms. The standard InChI is InChI=1S/C15H25N5O3S/c1-18(24(2,22)23)14-5-11-19(12-6-14)13-15(21)20(9-3-7-16)10-4-8-17/h14H,3-6,9-13H2,1-2H3. The summed E-state index contributed by atoms with van der Waals surface area (Å²) in [5.74, 6) is -0.0876. The van der Waals surface area contributed by atoms with Crippen molar-refractivity contribution in [2.45, 2.75) is 31.7 Å². The predicted molar refractivity (Wildman–Crippen MR) is 89.1 cm³/mol. The number of carbonyl (C=O) groups excluding carboxylic acids is 1. The molecule has 8 nitrogen and oxygen atoms in total. The van der Waals surface area contributed by atoms with Crippen LogP contribution in [-0.2, 0) is 14.8 Å². The normalized spacial score (nSPS) is 16.5. The Morgan fingerprint density at radius 2 is 1.67 bits per heavy atom. The number of carbonyl (C=O) groups is 1. The maximum atomic E-state index is 12.4. The first-order valence-corrected chi connectivity index (χ1v) is 9.81. The third kappa shape index (κ3) is 6.44. The van der Waals surface area contributed by atoms with Crippen molar-refractivity contribution < 1.29 is 13.2 Å². The number of amides is 1. The fourth-order valence-corrected chi connectivity index (χ4v) is 3.49. The molecule has 0 saturated carbocycles. The quantitative estimate of drug-likeness (QED) is 0.606. The summed E-state index contributed by atoms with van der Waals surface area (Å²) in [5.41, 5.74) is 0. The summed E-state index contributed by atoms with van der Waals surface area (Å²) in [6, 6.07) is 4.00. The molecule has 9 heteroatoms. The topological polar surface area (TPSA) is 109 Å². The van der Waals surface area contributed by atoms with E-state index in [1.165, 1.54) is 10.6 Å². The minimum atomic E-state index is -3.20. The van der Waals surface area contributed by atoms with Gasteiger partial charge in [-0.15, -0.1) is 0 Å². The number of nitriles is 2. The van der Waals surface area contributed by atoms with Crippen LogP contribution < -0.4 is 0 Å². The van der Waals surface area contributed by atoms with E-state index in [-0.39, 0.29) is 31.3 Å². The van der Waals surface area contributed by atoms with Crippen LogP contribution in [0, 0.1) is 22.7 Å². The van der Waals surface area contributed by atoms with Gasteiger partial charge in [0.1, 0.15) is 0 Å². The van der Waals surface area contributed by atoms with Gasteiger partial charge in [0.2, 0.25) is 15.9 Å². The fraction of sp³-hybridized carbons (Fsp3) is 0.800. The zero-order chi connectivity index (χ0) is 18.2. The van der Waals surface area contributed by atoms with E-state index in [4.69, 9.17) is 10.5 Å². The van der Waals surface area contributed by atoms with Crippen molar-refractivity contribution in [3.8, 4) is 12.1 Å². The average molecular weight is 355 g/mol. The Labute approximate surface area is 144 Å². The van der Waals surface area contributed by atoms with Crippen molar-refractivity contribution >= 4 is 15.9 Å². The zero-order valence-electron chi connectivity index (χ0n) is 14.3. The monoisotopic (exact) mass is 355 g/mol. The number of likely N-dealkylation sites (tertiary alicyclic amines) is 1. The van der Waals surface area contributed by atoms with Crippen molar-refractivity contribution in [3.05, 3.63) is 0 Å². The zero-order valence-corrected chi connectivity index (χ0v) is 15.1. The molecule has 0 aliphatic carbocycles. The smallest absolute Gasteiger partial charge is 0.236 e. The lowest BCUT2D eigenvalue weighted by Crippen LogP contribution is -2.48. The number of rotatable bonds is 8. The van der Waals surface area contributed by atoms with E-state index in [1.807, 2.05) is 17.0 Å². The van der Waals surface area contributed by atoms with Crippen LogP contribution in [0.25, 0.3) is 0 Å². The average Bonchev–Trinajstić information content (AvgIpc) is 2.54. The van der Waals surface area contributed by atoms with E-state index < -0.39 is 10.0 Å². The van der Waals surface area contributed by atoms with Crippen molar-refractivity contribution in [3.63, 3.8) is 0 Å². The Morgan fingerprint density at radius 3 is 2.08 bits per heavy atom. The van der Waals surface area contributed by atoms with Crippen LogP contribution in [0.2, 0.25) is 0 Å². The molecule has 1 heterocycles. The van der Waals surface area contributed by atoms with Gasteiger partial charge in [-0.05, 0) is 12.8 Å². The van der Waals surface area contributed by atoms with Gasteiger partial charge in [-0.25, -0.2) is 12.7 Å². The summed E-state index contributed by atoms with van der Waals surface area (Å²) in [5, 5.41) is 17.3. The lowest BCUT2D eigenvalue weighted by Gasteiger charge is -2.36. The summed E-state index contributed by atoms with van der Waals surface area (Å²) in [6.07, 6.45) is 3.07. The Balaban J connectivity index is 2.51. The lowest BCUT2D eigenvalue weighted by molar-refractivity contribution is -0.132. The minimum absolute atomic E-state index is 0.0281. The number of sulfonamides is 1. The molecule has 1 fully saturated rings. The first-order chi connectivity index (χ1) is 11.3. The van der Waals surface area contributed by atoms with Crippen LogP contribution in [-0.4, -0.2) is 80.5 Å². The highest BCUT2D eigenvalue weighted by molar-refractivity contribution is 7.88. The van der Waals surface area contributed by atoms with Crippen LogP contribution in [0.5, 0.6) is 0 Å². The maximum Gasteiger partial charge on any atom is 0.236 e. The van der Waals surface area contributed by atoms with Crippen molar-refractivity contribution in [2.75, 3.05) is 46.0 Å². The van der Waals surface area contributed by atoms with Crippen LogP contribution >= 0.6 is 0 Å². The van der Waals surface area contributed by atoms with Crippen molar-refractivity contribution in [1.29, 1.82) is 10.5 Å². The lowest BCUT2D eigenvalue weighted by atomic mass is 10.1. The Hall–Kier alpha value is -1.68. The molecule has 0 atom stereocenters. The molecule has 0 radical (unpaired) electrons. The summed E-state index contributed by atoms with van der Waals surface area (Å²) in [7, 11) is -1.61. The van der Waals surface area contributed by atoms with Gasteiger partial charge in [0.25, 0.3) is 0 Å². The summed E-state index contributed by atoms with van der Waals surface area (Å²) in [6.45, 7) is 2.22. The molecule has 0 N–H and O–H groups in total. The van der Waals surface area contributed by atoms with Gasteiger partial charge in [-0.3, -0.25) is 9.69 Å². The van der Waals surface area contributed by atoms with E-state index in [0.717, 1.165) is 0 Å². The molecule has 1 rings (SSSR count). The third-order valence-electron chi connectivity index (χ3n) is 4.29. The number of hydrogen-bond acceptors (Lipinski definition) is 6. The van der Waals surface area contributed by atoms with E-state index >= 15 is 0 Å². The van der Waals surface area contributed by atoms with Gasteiger partial charge < -0.3 is 4.90 Å². The predicted octanol–water partition coefficient (Wildman–Crippen LogP) is -0.00184. The third-order valence-corrected chi connectivity index (χ3v) is 5.64. The highest BCUT2D eigenvalue weighted by Gasteiger charge is 2.28. The Kier molecular flexibility index (Phi) is 8.13. The number of nitrogens with zero attached hydrogens (tertiary/aromatic N) is 5. The van der Waals surface area contributed by atoms with E-state index in [1.54, 1.807) is 11.9 Å². The van der Waals surface area contributed by atoms with E-state index in [0.29, 0.717) is 39.0 Å². The molecular weight excluding hydrogens is 330 g/mol. The molecule has 1 saturated heterocycles. The summed E-state index contributed by atoms with van der Waals surface area (Å²) >= 11 is 0. The summed E-state index contributed by atoms with van der Waals surface area (Å²) < 4.78 is 24.6. The highest BCUT2D eigenvalue weighted by Crippen LogP contribution is 2.17. The first-order valence-electron chi connectivity index (χ1n) is 7.96. The second kappa shape index (κ2) is 9.58. The number of piperidine rings is 1. The molecule has 0 aromatic heterocycles. The van der Waals surface area contributed by atoms with Crippen LogP contribution in [0.15, 0.2) is 0 Å². The molecule has 1 amide bonds. The molecule has 1 aliphatic heterocycles. The second-order valence-electron chi connectivity index (χ2n) is 5.98. The van der Waals surface area contributed by atoms with Crippen LogP contribution in [0.4, 0.5) is 0 Å². The Morgan fingerprint density at radius 1 is 1.17 bits per heavy atom. The summed E-state index contributed by atoms with van der Waals surface area (Å²) in [4.78, 5) is 15.9. The van der Waals surface area contributed by atoms with Gasteiger partial charge >= 0.3 is 0 Å². The van der Waals surface area contributed by atoms with Gasteiger partial charge in [0.15, 0.2) is 0 Å². The number of hydrogen-bond donors (Lipinski definition) is 0. The molecule has 134 valence electrons. The molecule has 0 aromatic rings. The van der Waals surface area contributed by atoms with E-state index in [2.05, 4.69) is 0 Å². The minimum Gasteiger partial charge on any atom is -0.340 e. The molecule has 0 aromatic carbocycles. The Bertz CT molecular complexity index is 582. The molecular formula is C15H25N5O3S. The van der Waals surface area contributed by atoms with Crippen molar-refractivity contribution in [2.24, 2.45) is 0 Å². The van der Waals surface area contributed by atoms with Gasteiger partial charge in [-0.1, -0.05) is 0 Å². The first kappa shape index (κ1) is 20.4. The molecule has 0 unspecified atom stereocenters. The fourth-order valence-electron chi connectivity index (χ4n) is 2.73. The molecule has 1 aliphatic rings. The van der Waals surface area contributed by atoms with Crippen molar-refractivity contribution in [1.82, 2.24) is 14.1 Å². The molecule has 24 heavy (non-hydrogen) atoms. The van der Waals surface area contributed by atoms with E-state index in [9.17, 15) is 13.2 Å². The van der Waals surface area contributed by atoms with Gasteiger partial charge in [-0.2, -0.15) is 10.5 Å². The van der Waals surface area contributed by atoms with Gasteiger partial charge in [0, 0.05) is 39.3 Å². The van der Waals surface area contributed by atoms with Gasteiger partial charge in [0.05, 0.1) is 37.8 Å². The van der Waals surface area contributed by atoms with Crippen LogP contribution in [0.3, 0.4) is 0 Å².